The van der Waals surface area contributed by atoms with Crippen molar-refractivity contribution in [2.45, 2.75) is 46.0 Å². The molecule has 4 nitrogen and oxygen atoms in total. The van der Waals surface area contributed by atoms with Gasteiger partial charge in [0.15, 0.2) is 4.96 Å². The molecule has 3 aromatic rings. The van der Waals surface area contributed by atoms with Gasteiger partial charge in [0, 0.05) is 30.2 Å². The summed E-state index contributed by atoms with van der Waals surface area (Å²) in [5.41, 5.74) is 5.26. The molecule has 0 aliphatic carbocycles. The molecule has 5 heteroatoms. The van der Waals surface area contributed by atoms with Crippen molar-refractivity contribution in [2.75, 3.05) is 13.1 Å². The maximum Gasteiger partial charge on any atom is 0.271 e. The number of carbonyl (C=O) groups excluding carboxylic acids is 1. The summed E-state index contributed by atoms with van der Waals surface area (Å²) >= 11 is 1.55. The van der Waals surface area contributed by atoms with E-state index in [1.807, 2.05) is 20.9 Å². The zero-order chi connectivity index (χ0) is 18.1. The van der Waals surface area contributed by atoms with Crippen LogP contribution in [-0.2, 0) is 0 Å². The highest BCUT2D eigenvalue weighted by atomic mass is 32.1. The predicted octanol–water partition coefficient (Wildman–Crippen LogP) is 5.09. The van der Waals surface area contributed by atoms with E-state index in [0.717, 1.165) is 47.8 Å². The minimum Gasteiger partial charge on any atom is -0.337 e. The quantitative estimate of drug-likeness (QED) is 0.633. The van der Waals surface area contributed by atoms with Gasteiger partial charge in [-0.25, -0.2) is 4.98 Å². The van der Waals surface area contributed by atoms with E-state index in [9.17, 15) is 4.79 Å². The van der Waals surface area contributed by atoms with Crippen LogP contribution in [0.3, 0.4) is 0 Å². The maximum absolute atomic E-state index is 13.1. The molecule has 1 fully saturated rings. The van der Waals surface area contributed by atoms with Crippen molar-refractivity contribution in [3.05, 3.63) is 46.6 Å². The molecule has 3 heterocycles. The number of hydrogen-bond acceptors (Lipinski definition) is 3. The van der Waals surface area contributed by atoms with Crippen LogP contribution < -0.4 is 0 Å². The van der Waals surface area contributed by atoms with Crippen LogP contribution in [0.1, 0.15) is 53.7 Å². The second kappa shape index (κ2) is 7.23. The number of hydrogen-bond donors (Lipinski definition) is 0. The first-order chi connectivity index (χ1) is 12.6. The van der Waals surface area contributed by atoms with Crippen molar-refractivity contribution >= 4 is 22.2 Å². The molecule has 26 heavy (non-hydrogen) atoms. The van der Waals surface area contributed by atoms with Gasteiger partial charge in [-0.2, -0.15) is 0 Å². The Morgan fingerprint density at radius 1 is 1.08 bits per heavy atom. The Morgan fingerprint density at radius 3 is 2.58 bits per heavy atom. The molecule has 0 saturated carbocycles. The van der Waals surface area contributed by atoms with Crippen LogP contribution in [-0.4, -0.2) is 33.3 Å². The third-order valence-corrected chi connectivity index (χ3v) is 6.08. The Balaban J connectivity index is 1.67. The number of imidazole rings is 1. The first-order valence-electron chi connectivity index (χ1n) is 9.47. The summed E-state index contributed by atoms with van der Waals surface area (Å²) in [6.07, 6.45) is 7.99. The summed E-state index contributed by atoms with van der Waals surface area (Å²) < 4.78 is 1.98. The first kappa shape index (κ1) is 17.3. The van der Waals surface area contributed by atoms with E-state index in [-0.39, 0.29) is 5.91 Å². The monoisotopic (exact) mass is 367 g/mol. The summed E-state index contributed by atoms with van der Waals surface area (Å²) in [5.74, 6) is 0.142. The largest absolute Gasteiger partial charge is 0.337 e. The van der Waals surface area contributed by atoms with Crippen LogP contribution in [0.15, 0.2) is 29.8 Å². The molecule has 2 aromatic heterocycles. The summed E-state index contributed by atoms with van der Waals surface area (Å²) in [6, 6.07) is 6.42. The molecule has 0 radical (unpaired) electrons. The second-order valence-corrected chi connectivity index (χ2v) is 8.11. The van der Waals surface area contributed by atoms with Gasteiger partial charge in [0.2, 0.25) is 0 Å². The molecule has 0 atom stereocenters. The van der Waals surface area contributed by atoms with E-state index in [1.54, 1.807) is 11.3 Å². The standard InChI is InChI=1S/C21H25N3OS/c1-15-8-9-16(2)17(12-15)18-13-24-19(14-26-21(24)22-18)20(25)23-10-6-4-3-5-7-11-23/h8-9,12-14H,3-7,10-11H2,1-2H3. The van der Waals surface area contributed by atoms with Crippen molar-refractivity contribution in [2.24, 2.45) is 0 Å². The summed E-state index contributed by atoms with van der Waals surface area (Å²) in [6.45, 7) is 5.94. The van der Waals surface area contributed by atoms with E-state index in [2.05, 4.69) is 32.0 Å². The Hall–Kier alpha value is -2.14. The smallest absolute Gasteiger partial charge is 0.271 e. The van der Waals surface area contributed by atoms with Gasteiger partial charge in [0.1, 0.15) is 5.69 Å². The number of aryl methyl sites for hydroxylation is 2. The van der Waals surface area contributed by atoms with Gasteiger partial charge in [0.05, 0.1) is 5.69 Å². The van der Waals surface area contributed by atoms with Gasteiger partial charge in [-0.05, 0) is 38.3 Å². The lowest BCUT2D eigenvalue weighted by molar-refractivity contribution is 0.0736. The third kappa shape index (κ3) is 3.28. The average Bonchev–Trinajstić information content (AvgIpc) is 3.16. The van der Waals surface area contributed by atoms with Crippen molar-refractivity contribution in [3.63, 3.8) is 0 Å². The van der Waals surface area contributed by atoms with Crippen molar-refractivity contribution in [3.8, 4) is 11.3 Å². The molecule has 1 saturated heterocycles. The highest BCUT2D eigenvalue weighted by Crippen LogP contribution is 2.27. The molecule has 0 bridgehead atoms. The predicted molar refractivity (Wildman–Crippen MR) is 107 cm³/mol. The Labute approximate surface area is 158 Å². The molecule has 136 valence electrons. The van der Waals surface area contributed by atoms with Crippen molar-refractivity contribution in [1.29, 1.82) is 0 Å². The number of rotatable bonds is 2. The van der Waals surface area contributed by atoms with Crippen LogP contribution in [0.4, 0.5) is 0 Å². The van der Waals surface area contributed by atoms with Gasteiger partial charge >= 0.3 is 0 Å². The van der Waals surface area contributed by atoms with Crippen LogP contribution in [0.2, 0.25) is 0 Å². The van der Waals surface area contributed by atoms with Crippen LogP contribution in [0.25, 0.3) is 16.2 Å². The number of fused-ring (bicyclic) bond motifs is 1. The summed E-state index contributed by atoms with van der Waals surface area (Å²) in [5, 5.41) is 1.95. The molecule has 0 N–H and O–H groups in total. The number of aromatic nitrogens is 2. The number of thiazole rings is 1. The van der Waals surface area contributed by atoms with Crippen LogP contribution in [0.5, 0.6) is 0 Å². The minimum atomic E-state index is 0.142. The summed E-state index contributed by atoms with van der Waals surface area (Å²) in [7, 11) is 0. The van der Waals surface area contributed by atoms with Gasteiger partial charge < -0.3 is 4.90 Å². The Morgan fingerprint density at radius 2 is 1.81 bits per heavy atom. The second-order valence-electron chi connectivity index (χ2n) is 7.28. The lowest BCUT2D eigenvalue weighted by Gasteiger charge is -2.24. The SMILES string of the molecule is Cc1ccc(C)c(-c2cn3c(C(=O)N4CCCCCCC4)csc3n2)c1. The number of likely N-dealkylation sites (tertiary alicyclic amines) is 1. The average molecular weight is 368 g/mol. The molecule has 0 spiro atoms. The van der Waals surface area contributed by atoms with Crippen molar-refractivity contribution in [1.82, 2.24) is 14.3 Å². The zero-order valence-electron chi connectivity index (χ0n) is 15.5. The van der Waals surface area contributed by atoms with E-state index in [0.29, 0.717) is 0 Å². The zero-order valence-corrected chi connectivity index (χ0v) is 16.3. The van der Waals surface area contributed by atoms with Gasteiger partial charge in [-0.1, -0.05) is 37.0 Å². The van der Waals surface area contributed by atoms with E-state index >= 15 is 0 Å². The minimum absolute atomic E-state index is 0.142. The van der Waals surface area contributed by atoms with Gasteiger partial charge in [0.25, 0.3) is 5.91 Å². The molecular formula is C21H25N3OS. The first-order valence-corrected chi connectivity index (χ1v) is 10.3. The number of carbonyl (C=O) groups is 1. The molecule has 1 amide bonds. The normalized spacial score (nSPS) is 15.8. The summed E-state index contributed by atoms with van der Waals surface area (Å²) in [4.78, 5) is 20.8. The fraction of sp³-hybridized carbons (Fsp3) is 0.429. The molecule has 4 rings (SSSR count). The topological polar surface area (TPSA) is 37.6 Å². The fourth-order valence-corrected chi connectivity index (χ4v) is 4.54. The molecule has 1 aliphatic heterocycles. The Kier molecular flexibility index (Phi) is 4.81. The van der Waals surface area contributed by atoms with E-state index < -0.39 is 0 Å². The maximum atomic E-state index is 13.1. The van der Waals surface area contributed by atoms with Gasteiger partial charge in [-0.15, -0.1) is 11.3 Å². The molecule has 0 unspecified atom stereocenters. The van der Waals surface area contributed by atoms with Crippen LogP contribution in [0, 0.1) is 13.8 Å². The van der Waals surface area contributed by atoms with Crippen LogP contribution >= 0.6 is 11.3 Å². The lowest BCUT2D eigenvalue weighted by Crippen LogP contribution is -2.34. The lowest BCUT2D eigenvalue weighted by atomic mass is 10.0. The van der Waals surface area contributed by atoms with Crippen molar-refractivity contribution < 1.29 is 4.79 Å². The highest BCUT2D eigenvalue weighted by Gasteiger charge is 2.21. The number of nitrogens with zero attached hydrogens (tertiary/aromatic N) is 3. The van der Waals surface area contributed by atoms with E-state index in [1.165, 1.54) is 30.4 Å². The van der Waals surface area contributed by atoms with Gasteiger partial charge in [-0.3, -0.25) is 9.20 Å². The molecule has 1 aliphatic rings. The van der Waals surface area contributed by atoms with E-state index in [4.69, 9.17) is 4.98 Å². The fourth-order valence-electron chi connectivity index (χ4n) is 3.69. The number of benzene rings is 1. The Bertz CT molecular complexity index is 932. The third-order valence-electron chi connectivity index (χ3n) is 5.24. The molecule has 1 aromatic carbocycles. The highest BCUT2D eigenvalue weighted by molar-refractivity contribution is 7.15. The molecular weight excluding hydrogens is 342 g/mol. The number of amides is 1.